The number of hydrogen-bond acceptors (Lipinski definition) is 2. The molecular weight excluding hydrogens is 368 g/mol. The Morgan fingerprint density at radius 2 is 1.33 bits per heavy atom. The van der Waals surface area contributed by atoms with Crippen molar-refractivity contribution in [1.82, 2.24) is 0 Å². The molecule has 2 aromatic carbocycles. The third-order valence-corrected chi connectivity index (χ3v) is 6.68. The zero-order valence-corrected chi connectivity index (χ0v) is 17.4. The van der Waals surface area contributed by atoms with Crippen LogP contribution < -0.4 is 0 Å². The predicted molar refractivity (Wildman–Crippen MR) is 122 cm³/mol. The van der Waals surface area contributed by atoms with E-state index < -0.39 is 5.60 Å². The van der Waals surface area contributed by atoms with Gasteiger partial charge in [-0.1, -0.05) is 60.7 Å². The van der Waals surface area contributed by atoms with Gasteiger partial charge in [-0.05, 0) is 91.4 Å². The molecule has 2 heteroatoms. The van der Waals surface area contributed by atoms with Crippen molar-refractivity contribution in [3.05, 3.63) is 94.3 Å². The molecule has 1 heterocycles. The van der Waals surface area contributed by atoms with Crippen LogP contribution in [0.1, 0.15) is 62.5 Å². The molecule has 3 aliphatic rings. The third-order valence-electron chi connectivity index (χ3n) is 6.68. The Morgan fingerprint density at radius 3 is 2.03 bits per heavy atom. The second-order valence-corrected chi connectivity index (χ2v) is 8.73. The lowest BCUT2D eigenvalue weighted by Crippen LogP contribution is -2.47. The number of ether oxygens (including phenoxy) is 1. The van der Waals surface area contributed by atoms with E-state index in [-0.39, 0.29) is 5.78 Å². The van der Waals surface area contributed by atoms with Gasteiger partial charge >= 0.3 is 0 Å². The van der Waals surface area contributed by atoms with Crippen LogP contribution in [-0.4, -0.2) is 11.4 Å². The quantitative estimate of drug-likeness (QED) is 0.516. The van der Waals surface area contributed by atoms with E-state index in [1.807, 2.05) is 24.3 Å². The van der Waals surface area contributed by atoms with Crippen LogP contribution in [0.25, 0.3) is 12.2 Å². The fourth-order valence-corrected chi connectivity index (χ4v) is 5.12. The molecule has 1 aliphatic heterocycles. The van der Waals surface area contributed by atoms with E-state index in [9.17, 15) is 4.79 Å². The lowest BCUT2D eigenvalue weighted by atomic mass is 9.73. The van der Waals surface area contributed by atoms with E-state index in [0.29, 0.717) is 0 Å². The first kappa shape index (κ1) is 19.1. The van der Waals surface area contributed by atoms with Crippen LogP contribution in [-0.2, 0) is 9.53 Å². The largest absolute Gasteiger partial charge is 0.479 e. The Hall–Kier alpha value is -2.87. The normalized spacial score (nSPS) is 26.7. The minimum Gasteiger partial charge on any atom is -0.479 e. The van der Waals surface area contributed by atoms with Gasteiger partial charge in [-0.2, -0.15) is 0 Å². The molecule has 152 valence electrons. The van der Waals surface area contributed by atoms with Crippen molar-refractivity contribution in [2.24, 2.45) is 0 Å². The van der Waals surface area contributed by atoms with Crippen molar-refractivity contribution in [3.8, 4) is 0 Å². The predicted octanol–water partition coefficient (Wildman–Crippen LogP) is 6.89. The highest BCUT2D eigenvalue weighted by Crippen LogP contribution is 2.47. The van der Waals surface area contributed by atoms with Gasteiger partial charge < -0.3 is 4.74 Å². The molecule has 2 aliphatic carbocycles. The van der Waals surface area contributed by atoms with Gasteiger partial charge in [-0.3, -0.25) is 4.79 Å². The molecule has 0 N–H and O–H groups in total. The number of carbonyl (C=O) groups excluding carboxylic acids is 1. The Kier molecular flexibility index (Phi) is 5.16. The van der Waals surface area contributed by atoms with Gasteiger partial charge in [-0.25, -0.2) is 0 Å². The second kappa shape index (κ2) is 8.10. The van der Waals surface area contributed by atoms with Crippen molar-refractivity contribution in [2.45, 2.75) is 57.0 Å². The Labute approximate surface area is 179 Å². The fourth-order valence-electron chi connectivity index (χ4n) is 5.12. The maximum Gasteiger partial charge on any atom is 0.202 e. The van der Waals surface area contributed by atoms with Crippen LogP contribution in [0.3, 0.4) is 0 Å². The molecule has 0 aromatic heterocycles. The summed E-state index contributed by atoms with van der Waals surface area (Å²) in [4.78, 5) is 13.6. The first-order chi connectivity index (χ1) is 14.7. The van der Waals surface area contributed by atoms with Crippen LogP contribution in [0.4, 0.5) is 0 Å². The van der Waals surface area contributed by atoms with Crippen molar-refractivity contribution in [1.29, 1.82) is 0 Å². The SMILES string of the molecule is O=C1/C(=C/c2ccccc2)CCC[C@@]12CCC1=C(O2)/C(=C/c2ccccc2)CCC1. The molecule has 1 atom stereocenters. The number of hydrogen-bond donors (Lipinski definition) is 0. The summed E-state index contributed by atoms with van der Waals surface area (Å²) in [6.45, 7) is 0. The molecule has 0 unspecified atom stereocenters. The summed E-state index contributed by atoms with van der Waals surface area (Å²) in [7, 11) is 0. The number of carbonyl (C=O) groups is 1. The van der Waals surface area contributed by atoms with Gasteiger partial charge in [0.25, 0.3) is 0 Å². The molecule has 0 radical (unpaired) electrons. The molecule has 30 heavy (non-hydrogen) atoms. The smallest absolute Gasteiger partial charge is 0.202 e. The highest BCUT2D eigenvalue weighted by Gasteiger charge is 2.47. The number of Topliss-reactive ketones (excluding diaryl/α,β-unsaturated/α-hetero) is 1. The summed E-state index contributed by atoms with van der Waals surface area (Å²) in [5.74, 6) is 1.22. The lowest BCUT2D eigenvalue weighted by molar-refractivity contribution is -0.140. The zero-order chi connectivity index (χ0) is 20.4. The molecule has 1 saturated carbocycles. The molecule has 2 aromatic rings. The first-order valence-corrected chi connectivity index (χ1v) is 11.2. The fraction of sp³-hybridized carbons (Fsp3) is 0.321. The van der Waals surface area contributed by atoms with E-state index in [0.717, 1.165) is 61.8 Å². The molecule has 0 amide bonds. The topological polar surface area (TPSA) is 26.3 Å². The van der Waals surface area contributed by atoms with Crippen molar-refractivity contribution < 1.29 is 9.53 Å². The van der Waals surface area contributed by atoms with Crippen LogP contribution in [0.2, 0.25) is 0 Å². The average Bonchev–Trinajstić information content (AvgIpc) is 2.79. The Morgan fingerprint density at radius 1 is 0.700 bits per heavy atom. The Bertz CT molecular complexity index is 1030. The second-order valence-electron chi connectivity index (χ2n) is 8.73. The van der Waals surface area contributed by atoms with Gasteiger partial charge in [0.2, 0.25) is 5.78 Å². The molecule has 2 nitrogen and oxygen atoms in total. The first-order valence-electron chi connectivity index (χ1n) is 11.2. The highest BCUT2D eigenvalue weighted by molar-refractivity contribution is 6.06. The van der Waals surface area contributed by atoms with E-state index in [1.165, 1.54) is 23.1 Å². The lowest BCUT2D eigenvalue weighted by Gasteiger charge is -2.43. The maximum atomic E-state index is 13.6. The van der Waals surface area contributed by atoms with Crippen LogP contribution >= 0.6 is 0 Å². The van der Waals surface area contributed by atoms with E-state index >= 15 is 0 Å². The van der Waals surface area contributed by atoms with Crippen molar-refractivity contribution in [3.63, 3.8) is 0 Å². The summed E-state index contributed by atoms with van der Waals surface area (Å²) < 4.78 is 6.70. The molecule has 5 rings (SSSR count). The van der Waals surface area contributed by atoms with Gasteiger partial charge in [0.15, 0.2) is 5.60 Å². The summed E-state index contributed by atoms with van der Waals surface area (Å²) in [6, 6.07) is 20.6. The van der Waals surface area contributed by atoms with Gasteiger partial charge in [0.05, 0.1) is 0 Å². The van der Waals surface area contributed by atoms with Crippen LogP contribution in [0.5, 0.6) is 0 Å². The van der Waals surface area contributed by atoms with Gasteiger partial charge in [-0.15, -0.1) is 0 Å². The zero-order valence-electron chi connectivity index (χ0n) is 17.4. The maximum absolute atomic E-state index is 13.6. The highest BCUT2D eigenvalue weighted by atomic mass is 16.5. The molecule has 1 spiro atoms. The van der Waals surface area contributed by atoms with Gasteiger partial charge in [0, 0.05) is 0 Å². The molecule has 0 bridgehead atoms. The van der Waals surface area contributed by atoms with Gasteiger partial charge in [0.1, 0.15) is 5.76 Å². The molecule has 1 fully saturated rings. The molecular formula is C28H28O2. The summed E-state index contributed by atoms with van der Waals surface area (Å²) in [5, 5.41) is 0. The standard InChI is InChI=1S/C28H28O2/c29-27-25(20-22-11-5-2-6-12-22)15-8-17-28(27)18-16-23-13-7-14-24(26(23)30-28)19-21-9-3-1-4-10-21/h1-6,9-12,19-20H,7-8,13-18H2/b24-19+,25-20+/t28-/m1/s1. The number of allylic oxidation sites excluding steroid dienone is 2. The number of benzene rings is 2. The molecule has 0 saturated heterocycles. The van der Waals surface area contributed by atoms with E-state index in [1.54, 1.807) is 0 Å². The monoisotopic (exact) mass is 396 g/mol. The summed E-state index contributed by atoms with van der Waals surface area (Å²) in [6.07, 6.45) is 12.1. The van der Waals surface area contributed by atoms with Crippen molar-refractivity contribution in [2.75, 3.05) is 0 Å². The van der Waals surface area contributed by atoms with Crippen molar-refractivity contribution >= 4 is 17.9 Å². The van der Waals surface area contributed by atoms with Crippen LogP contribution in [0.15, 0.2) is 83.1 Å². The minimum atomic E-state index is -0.676. The minimum absolute atomic E-state index is 0.203. The number of rotatable bonds is 2. The van der Waals surface area contributed by atoms with E-state index in [4.69, 9.17) is 4.74 Å². The van der Waals surface area contributed by atoms with E-state index in [2.05, 4.69) is 48.6 Å². The average molecular weight is 397 g/mol. The Balaban J connectivity index is 1.46. The summed E-state index contributed by atoms with van der Waals surface area (Å²) in [5.41, 5.74) is 5.20. The number of ketones is 1. The van der Waals surface area contributed by atoms with Crippen LogP contribution in [0, 0.1) is 0 Å². The summed E-state index contributed by atoms with van der Waals surface area (Å²) >= 11 is 0. The third kappa shape index (κ3) is 3.67.